The van der Waals surface area contributed by atoms with Crippen LogP contribution in [0, 0.1) is 5.82 Å². The normalized spacial score (nSPS) is 19.2. The lowest BCUT2D eigenvalue weighted by molar-refractivity contribution is -0.131. The number of rotatable bonds is 7. The third-order valence-corrected chi connectivity index (χ3v) is 6.73. The number of carbonyl (C=O) groups is 1. The van der Waals surface area contributed by atoms with Gasteiger partial charge in [0.25, 0.3) is 12.3 Å². The van der Waals surface area contributed by atoms with E-state index in [9.17, 15) is 18.0 Å². The summed E-state index contributed by atoms with van der Waals surface area (Å²) in [4.78, 5) is 18.6. The Hall–Kier alpha value is -2.92. The van der Waals surface area contributed by atoms with Gasteiger partial charge in [-0.25, -0.2) is 13.2 Å². The maximum atomic E-state index is 13.7. The minimum absolute atomic E-state index is 0.0408. The number of hydrogen-bond acceptors (Lipinski definition) is 6. The van der Waals surface area contributed by atoms with Crippen LogP contribution in [0.4, 0.5) is 13.2 Å². The fraction of sp³-hybridized carbons (Fsp3) is 0.455. The van der Waals surface area contributed by atoms with Crippen LogP contribution in [0.3, 0.4) is 0 Å². The van der Waals surface area contributed by atoms with Crippen LogP contribution in [0.5, 0.6) is 0 Å². The van der Waals surface area contributed by atoms with Crippen LogP contribution >= 0.6 is 11.6 Å². The molecule has 1 aliphatic heterocycles. The molecule has 2 aromatic heterocycles. The Morgan fingerprint density at radius 3 is 2.79 bits per heavy atom. The summed E-state index contributed by atoms with van der Waals surface area (Å²) in [7, 11) is 1.57. The zero-order valence-corrected chi connectivity index (χ0v) is 18.9. The first-order valence-electron chi connectivity index (χ1n) is 10.8. The Morgan fingerprint density at radius 1 is 1.35 bits per heavy atom. The highest BCUT2D eigenvalue weighted by atomic mass is 35.5. The van der Waals surface area contributed by atoms with E-state index in [4.69, 9.17) is 20.9 Å². The van der Waals surface area contributed by atoms with Crippen LogP contribution in [0.1, 0.15) is 42.8 Å². The summed E-state index contributed by atoms with van der Waals surface area (Å²) in [5, 5.41) is 8.44. The second kappa shape index (κ2) is 8.70. The van der Waals surface area contributed by atoms with Gasteiger partial charge in [-0.3, -0.25) is 9.48 Å². The quantitative estimate of drug-likeness (QED) is 0.492. The second-order valence-electron chi connectivity index (χ2n) is 8.53. The van der Waals surface area contributed by atoms with Crippen molar-refractivity contribution in [2.45, 2.75) is 43.8 Å². The molecule has 1 amide bonds. The number of benzene rings is 1. The van der Waals surface area contributed by atoms with Crippen LogP contribution < -0.4 is 0 Å². The molecule has 3 aromatic rings. The van der Waals surface area contributed by atoms with E-state index < -0.39 is 23.4 Å². The van der Waals surface area contributed by atoms with Crippen LogP contribution in [-0.2, 0) is 21.5 Å². The van der Waals surface area contributed by atoms with Crippen molar-refractivity contribution in [3.05, 3.63) is 52.2 Å². The zero-order chi connectivity index (χ0) is 24.0. The standard InChI is InChI=1S/C22H21ClF3N5O3/c1-33-13-4-7-30(10-13)18(32)11-31-17(19(25)26)9-16(28-31)20-27-21(29-34-20)22(5-6-22)14-3-2-12(24)8-15(14)23/h2-3,8-9,13,19H,4-7,10-11H2,1H3/t13-/m0/s1. The number of carbonyl (C=O) groups excluding carboxylic acids is 1. The van der Waals surface area contributed by atoms with Crippen molar-refractivity contribution >= 4 is 17.5 Å². The summed E-state index contributed by atoms with van der Waals surface area (Å²) in [6, 6.07) is 5.26. The highest BCUT2D eigenvalue weighted by Crippen LogP contribution is 2.54. The first-order valence-corrected chi connectivity index (χ1v) is 11.1. The van der Waals surface area contributed by atoms with E-state index in [-0.39, 0.29) is 35.2 Å². The third-order valence-electron chi connectivity index (χ3n) is 6.42. The Labute approximate surface area is 197 Å². The van der Waals surface area contributed by atoms with Crippen molar-refractivity contribution in [3.8, 4) is 11.6 Å². The molecule has 12 heteroatoms. The van der Waals surface area contributed by atoms with Gasteiger partial charge in [-0.05, 0) is 43.0 Å². The largest absolute Gasteiger partial charge is 0.380 e. The first-order chi connectivity index (χ1) is 16.3. The van der Waals surface area contributed by atoms with E-state index in [0.717, 1.165) is 10.7 Å². The van der Waals surface area contributed by atoms with Gasteiger partial charge in [0.05, 0.1) is 11.5 Å². The Balaban J connectivity index is 1.39. The molecule has 1 saturated heterocycles. The number of aromatic nitrogens is 4. The Bertz CT molecular complexity index is 1230. The summed E-state index contributed by atoms with van der Waals surface area (Å²) in [6.07, 6.45) is -0.858. The van der Waals surface area contributed by atoms with Crippen molar-refractivity contribution < 1.29 is 27.2 Å². The number of halogens is 4. The first kappa shape index (κ1) is 22.9. The van der Waals surface area contributed by atoms with Crippen molar-refractivity contribution in [1.29, 1.82) is 0 Å². The average Bonchev–Trinajstić information content (AvgIpc) is 3.18. The van der Waals surface area contributed by atoms with Gasteiger partial charge in [0.2, 0.25) is 5.91 Å². The topological polar surface area (TPSA) is 86.3 Å². The fourth-order valence-corrected chi connectivity index (χ4v) is 4.70. The van der Waals surface area contributed by atoms with E-state index in [1.54, 1.807) is 18.1 Å². The Morgan fingerprint density at radius 2 is 2.15 bits per heavy atom. The van der Waals surface area contributed by atoms with E-state index in [1.807, 2.05) is 0 Å². The van der Waals surface area contributed by atoms with Gasteiger partial charge in [0, 0.05) is 25.2 Å². The molecule has 0 N–H and O–H groups in total. The molecule has 2 aliphatic rings. The van der Waals surface area contributed by atoms with E-state index >= 15 is 0 Å². The lowest BCUT2D eigenvalue weighted by atomic mass is 9.95. The lowest BCUT2D eigenvalue weighted by Gasteiger charge is -2.16. The van der Waals surface area contributed by atoms with Gasteiger partial charge in [0.15, 0.2) is 11.5 Å². The molecule has 1 atom stereocenters. The molecule has 5 rings (SSSR count). The molecule has 34 heavy (non-hydrogen) atoms. The van der Waals surface area contributed by atoms with E-state index in [0.29, 0.717) is 43.7 Å². The smallest absolute Gasteiger partial charge is 0.280 e. The van der Waals surface area contributed by atoms with E-state index in [1.165, 1.54) is 12.1 Å². The average molecular weight is 496 g/mol. The lowest BCUT2D eigenvalue weighted by Crippen LogP contribution is -2.33. The molecule has 0 spiro atoms. The number of alkyl halides is 2. The fourth-order valence-electron chi connectivity index (χ4n) is 4.35. The molecule has 0 bridgehead atoms. The van der Waals surface area contributed by atoms with Crippen molar-refractivity contribution in [2.75, 3.05) is 20.2 Å². The molecule has 8 nitrogen and oxygen atoms in total. The van der Waals surface area contributed by atoms with Gasteiger partial charge in [-0.2, -0.15) is 10.1 Å². The molecule has 2 fully saturated rings. The molecule has 1 saturated carbocycles. The molecule has 3 heterocycles. The van der Waals surface area contributed by atoms with E-state index in [2.05, 4.69) is 15.2 Å². The molecule has 180 valence electrons. The molecule has 0 unspecified atom stereocenters. The number of amides is 1. The monoisotopic (exact) mass is 495 g/mol. The maximum Gasteiger partial charge on any atom is 0.280 e. The van der Waals surface area contributed by atoms with Crippen molar-refractivity contribution in [2.24, 2.45) is 0 Å². The number of methoxy groups -OCH3 is 1. The van der Waals surface area contributed by atoms with Crippen LogP contribution in [0.25, 0.3) is 11.6 Å². The zero-order valence-electron chi connectivity index (χ0n) is 18.2. The van der Waals surface area contributed by atoms with Crippen LogP contribution in [0.15, 0.2) is 28.8 Å². The van der Waals surface area contributed by atoms with Gasteiger partial charge in [0.1, 0.15) is 18.1 Å². The maximum absolute atomic E-state index is 13.7. The summed E-state index contributed by atoms with van der Waals surface area (Å²) in [5.41, 5.74) is -0.329. The molecule has 1 aromatic carbocycles. The van der Waals surface area contributed by atoms with Gasteiger partial charge in [-0.15, -0.1) is 0 Å². The van der Waals surface area contributed by atoms with Crippen LogP contribution in [0.2, 0.25) is 5.02 Å². The third kappa shape index (κ3) is 4.07. The SMILES string of the molecule is CO[C@H]1CCN(C(=O)Cn2nc(-c3nc(C4(c5ccc(F)cc5Cl)CC4)no3)cc2C(F)F)C1. The summed E-state index contributed by atoms with van der Waals surface area (Å²) in [6.45, 7) is 0.567. The summed E-state index contributed by atoms with van der Waals surface area (Å²) < 4.78 is 52.4. The molecular formula is C22H21ClF3N5O3. The predicted octanol–water partition coefficient (Wildman–Crippen LogP) is 3.99. The molecular weight excluding hydrogens is 475 g/mol. The molecule has 1 aliphatic carbocycles. The Kier molecular flexibility index (Phi) is 5.85. The number of nitrogens with zero attached hydrogens (tertiary/aromatic N) is 5. The summed E-state index contributed by atoms with van der Waals surface area (Å²) in [5.74, 6) is -0.508. The van der Waals surface area contributed by atoms with Crippen molar-refractivity contribution in [1.82, 2.24) is 24.8 Å². The summed E-state index contributed by atoms with van der Waals surface area (Å²) >= 11 is 6.24. The van der Waals surface area contributed by atoms with Gasteiger partial charge >= 0.3 is 0 Å². The predicted molar refractivity (Wildman–Crippen MR) is 114 cm³/mol. The highest BCUT2D eigenvalue weighted by molar-refractivity contribution is 6.31. The van der Waals surface area contributed by atoms with Crippen molar-refractivity contribution in [3.63, 3.8) is 0 Å². The highest BCUT2D eigenvalue weighted by Gasteiger charge is 2.51. The van der Waals surface area contributed by atoms with Gasteiger partial charge in [-0.1, -0.05) is 22.8 Å². The number of likely N-dealkylation sites (tertiary alicyclic amines) is 1. The minimum Gasteiger partial charge on any atom is -0.380 e. The number of hydrogen-bond donors (Lipinski definition) is 0. The minimum atomic E-state index is -2.85. The second-order valence-corrected chi connectivity index (χ2v) is 8.94. The number of ether oxygens (including phenoxy) is 1. The van der Waals surface area contributed by atoms with Crippen LogP contribution in [-0.4, -0.2) is 57.0 Å². The van der Waals surface area contributed by atoms with Gasteiger partial charge < -0.3 is 14.2 Å². The molecule has 0 radical (unpaired) electrons.